The molecule has 0 atom stereocenters. The third-order valence-electron chi connectivity index (χ3n) is 3.26. The molecule has 1 aromatic carbocycles. The summed E-state index contributed by atoms with van der Waals surface area (Å²) in [5, 5.41) is 11.3. The second-order valence-corrected chi connectivity index (χ2v) is 9.44. The highest BCUT2D eigenvalue weighted by atomic mass is 35.5. The summed E-state index contributed by atoms with van der Waals surface area (Å²) in [7, 11) is -0.856. The monoisotopic (exact) mass is 421 g/mol. The molecule has 27 heavy (non-hydrogen) atoms. The number of carbonyl (C=O) groups is 1. The maximum Gasteiger partial charge on any atom is 0.321 e. The van der Waals surface area contributed by atoms with Crippen molar-refractivity contribution in [1.29, 1.82) is 0 Å². The predicted molar refractivity (Wildman–Crippen MR) is 101 cm³/mol. The summed E-state index contributed by atoms with van der Waals surface area (Å²) in [6, 6.07) is 3.28. The molecule has 0 aliphatic heterocycles. The van der Waals surface area contributed by atoms with Crippen LogP contribution in [0.4, 0.5) is 5.69 Å². The Morgan fingerprint density at radius 2 is 1.85 bits per heavy atom. The van der Waals surface area contributed by atoms with Gasteiger partial charge in [-0.3, -0.25) is 14.9 Å². The molecule has 0 aliphatic carbocycles. The third kappa shape index (κ3) is 7.06. The highest BCUT2D eigenvalue weighted by Gasteiger charge is 2.34. The second kappa shape index (κ2) is 8.96. The van der Waals surface area contributed by atoms with Crippen LogP contribution in [-0.2, 0) is 19.6 Å². The first-order valence-electron chi connectivity index (χ1n) is 8.04. The van der Waals surface area contributed by atoms with E-state index >= 15 is 0 Å². The van der Waals surface area contributed by atoms with Crippen molar-refractivity contribution in [2.24, 2.45) is 0 Å². The largest absolute Gasteiger partial charge is 0.459 e. The van der Waals surface area contributed by atoms with Gasteiger partial charge in [0, 0.05) is 24.2 Å². The molecule has 11 heteroatoms. The van der Waals surface area contributed by atoms with Gasteiger partial charge in [-0.25, -0.2) is 8.42 Å². The molecular weight excluding hydrogens is 398 g/mol. The first kappa shape index (κ1) is 23.3. The summed E-state index contributed by atoms with van der Waals surface area (Å²) >= 11 is 5.76. The van der Waals surface area contributed by atoms with Crippen molar-refractivity contribution in [2.45, 2.75) is 31.3 Å². The molecule has 0 heterocycles. The third-order valence-corrected chi connectivity index (χ3v) is 5.39. The minimum Gasteiger partial charge on any atom is -0.459 e. The normalized spacial score (nSPS) is 12.4. The number of nitrogens with zero attached hydrogens (tertiary/aromatic N) is 3. The lowest BCUT2D eigenvalue weighted by atomic mass is 10.2. The van der Waals surface area contributed by atoms with Crippen LogP contribution >= 0.6 is 11.6 Å². The number of nitro groups is 1. The Morgan fingerprint density at radius 1 is 1.26 bits per heavy atom. The quantitative estimate of drug-likeness (QED) is 0.359. The van der Waals surface area contributed by atoms with Crippen LogP contribution in [0.1, 0.15) is 20.8 Å². The maximum absolute atomic E-state index is 13.0. The number of halogens is 1. The molecule has 1 aromatic rings. The summed E-state index contributed by atoms with van der Waals surface area (Å²) < 4.78 is 32.1. The molecule has 0 N–H and O–H groups in total. The number of hydrogen-bond donors (Lipinski definition) is 0. The minimum absolute atomic E-state index is 0.0348. The Bertz CT molecular complexity index is 805. The van der Waals surface area contributed by atoms with Gasteiger partial charge >= 0.3 is 5.97 Å². The number of sulfonamides is 1. The zero-order chi connectivity index (χ0) is 21.0. The number of ether oxygens (including phenoxy) is 1. The Hall–Kier alpha value is -1.75. The molecule has 0 saturated heterocycles. The van der Waals surface area contributed by atoms with Crippen LogP contribution in [0, 0.1) is 10.1 Å². The van der Waals surface area contributed by atoms with Crippen molar-refractivity contribution in [3.63, 3.8) is 0 Å². The number of rotatable bonds is 8. The molecule has 1 rings (SSSR count). The fraction of sp³-hybridized carbons (Fsp3) is 0.562. The maximum atomic E-state index is 13.0. The van der Waals surface area contributed by atoms with E-state index in [1.807, 2.05) is 0 Å². The first-order chi connectivity index (χ1) is 12.2. The molecule has 0 saturated carbocycles. The van der Waals surface area contributed by atoms with Crippen LogP contribution in [0.3, 0.4) is 0 Å². The number of esters is 1. The van der Waals surface area contributed by atoms with E-state index in [4.69, 9.17) is 16.3 Å². The van der Waals surface area contributed by atoms with E-state index in [2.05, 4.69) is 0 Å². The van der Waals surface area contributed by atoms with E-state index in [0.717, 1.165) is 16.4 Å². The second-order valence-electron chi connectivity index (χ2n) is 7.10. The lowest BCUT2D eigenvalue weighted by Crippen LogP contribution is -2.42. The van der Waals surface area contributed by atoms with Gasteiger partial charge in [0.2, 0.25) is 10.0 Å². The van der Waals surface area contributed by atoms with Crippen molar-refractivity contribution < 1.29 is 22.9 Å². The van der Waals surface area contributed by atoms with Gasteiger partial charge in [-0.15, -0.1) is 0 Å². The summed E-state index contributed by atoms with van der Waals surface area (Å²) in [5.41, 5.74) is -1.44. The van der Waals surface area contributed by atoms with Crippen LogP contribution in [0.2, 0.25) is 5.02 Å². The average molecular weight is 422 g/mol. The summed E-state index contributed by atoms with van der Waals surface area (Å²) in [6.07, 6.45) is 0. The van der Waals surface area contributed by atoms with Crippen LogP contribution in [-0.4, -0.2) is 67.8 Å². The average Bonchev–Trinajstić information content (AvgIpc) is 2.48. The van der Waals surface area contributed by atoms with Crippen molar-refractivity contribution in [1.82, 2.24) is 9.21 Å². The van der Waals surface area contributed by atoms with Crippen molar-refractivity contribution in [2.75, 3.05) is 33.7 Å². The molecule has 0 aromatic heterocycles. The van der Waals surface area contributed by atoms with Gasteiger partial charge < -0.3 is 9.64 Å². The summed E-state index contributed by atoms with van der Waals surface area (Å²) in [6.45, 7) is 4.68. The van der Waals surface area contributed by atoms with Crippen molar-refractivity contribution >= 4 is 33.3 Å². The lowest BCUT2D eigenvalue weighted by molar-refractivity contribution is -0.387. The van der Waals surface area contributed by atoms with E-state index in [-0.39, 0.29) is 11.6 Å². The van der Waals surface area contributed by atoms with E-state index in [9.17, 15) is 23.3 Å². The SMILES string of the molecule is CN(C)CCN(CC(=O)OC(C)(C)C)S(=O)(=O)c1ccc(Cl)cc1[N+](=O)[O-]. The van der Waals surface area contributed by atoms with Crippen LogP contribution in [0.15, 0.2) is 23.1 Å². The Labute approximate surface area is 164 Å². The highest BCUT2D eigenvalue weighted by Crippen LogP contribution is 2.29. The number of likely N-dealkylation sites (N-methyl/N-ethyl adjacent to an activating group) is 1. The Kier molecular flexibility index (Phi) is 7.73. The zero-order valence-corrected chi connectivity index (χ0v) is 17.5. The molecular formula is C16H24ClN3O6S. The lowest BCUT2D eigenvalue weighted by Gasteiger charge is -2.25. The molecule has 0 spiro atoms. The molecule has 0 aliphatic rings. The fourth-order valence-electron chi connectivity index (χ4n) is 2.10. The molecule has 9 nitrogen and oxygen atoms in total. The standard InChI is InChI=1S/C16H24ClN3O6S/c1-16(2,3)26-15(21)11-19(9-8-18(4)5)27(24,25)14-7-6-12(17)10-13(14)20(22)23/h6-7,10H,8-9,11H2,1-5H3. The molecule has 0 bridgehead atoms. The number of carbonyl (C=O) groups excluding carboxylic acids is 1. The predicted octanol–water partition coefficient (Wildman–Crippen LogP) is 2.14. The van der Waals surface area contributed by atoms with Crippen molar-refractivity contribution in [3.05, 3.63) is 33.3 Å². The van der Waals surface area contributed by atoms with E-state index < -0.39 is 43.6 Å². The number of nitro benzene ring substituents is 1. The first-order valence-corrected chi connectivity index (χ1v) is 9.86. The molecule has 0 unspecified atom stereocenters. The van der Waals surface area contributed by atoms with Gasteiger partial charge in [0.1, 0.15) is 12.1 Å². The zero-order valence-electron chi connectivity index (χ0n) is 15.9. The molecule has 152 valence electrons. The summed E-state index contributed by atoms with van der Waals surface area (Å²) in [5.74, 6) is -0.749. The Morgan fingerprint density at radius 3 is 2.33 bits per heavy atom. The fourth-order valence-corrected chi connectivity index (χ4v) is 3.78. The minimum atomic E-state index is -4.33. The van der Waals surface area contributed by atoms with Gasteiger partial charge in [-0.05, 0) is 47.0 Å². The van der Waals surface area contributed by atoms with Gasteiger partial charge in [-0.1, -0.05) is 11.6 Å². The van der Waals surface area contributed by atoms with Crippen LogP contribution in [0.5, 0.6) is 0 Å². The summed E-state index contributed by atoms with van der Waals surface area (Å²) in [4.78, 5) is 23.8. The topological polar surface area (TPSA) is 110 Å². The number of hydrogen-bond acceptors (Lipinski definition) is 7. The highest BCUT2D eigenvalue weighted by molar-refractivity contribution is 7.89. The van der Waals surface area contributed by atoms with Gasteiger partial charge in [0.25, 0.3) is 5.69 Å². The molecule has 0 amide bonds. The van der Waals surface area contributed by atoms with Crippen LogP contribution in [0.25, 0.3) is 0 Å². The smallest absolute Gasteiger partial charge is 0.321 e. The molecule has 0 radical (unpaired) electrons. The number of benzene rings is 1. The van der Waals surface area contributed by atoms with E-state index in [0.29, 0.717) is 6.54 Å². The van der Waals surface area contributed by atoms with Gasteiger partial charge in [-0.2, -0.15) is 4.31 Å². The van der Waals surface area contributed by atoms with Gasteiger partial charge in [0.05, 0.1) is 4.92 Å². The van der Waals surface area contributed by atoms with Gasteiger partial charge in [0.15, 0.2) is 4.90 Å². The Balaban J connectivity index is 3.31. The molecule has 0 fully saturated rings. The van der Waals surface area contributed by atoms with Crippen LogP contribution < -0.4 is 0 Å². The van der Waals surface area contributed by atoms with E-state index in [1.54, 1.807) is 39.8 Å². The van der Waals surface area contributed by atoms with E-state index in [1.165, 1.54) is 6.07 Å². The van der Waals surface area contributed by atoms with Crippen molar-refractivity contribution in [3.8, 4) is 0 Å².